The van der Waals surface area contributed by atoms with E-state index < -0.39 is 40.7 Å². The third kappa shape index (κ3) is 7.78. The molecule has 0 radical (unpaired) electrons. The Labute approximate surface area is 176 Å². The van der Waals surface area contributed by atoms with Crippen LogP contribution in [0.5, 0.6) is 0 Å². The normalized spacial score (nSPS) is 20.7. The lowest BCUT2D eigenvalue weighted by molar-refractivity contribution is -0.0417. The van der Waals surface area contributed by atoms with Gasteiger partial charge in [-0.3, -0.25) is 13.6 Å². The number of imidazole rings is 1. The van der Waals surface area contributed by atoms with Crippen LogP contribution in [0.15, 0.2) is 12.7 Å². The number of nitrogens with one attached hydrogen (secondary N) is 1. The van der Waals surface area contributed by atoms with E-state index >= 15 is 0 Å². The molecule has 20 heteroatoms. The third-order valence-corrected chi connectivity index (χ3v) is 4.80. The Morgan fingerprint density at radius 2 is 1.77 bits per heavy atom. The summed E-state index contributed by atoms with van der Waals surface area (Å²) in [4.78, 5) is 48.2. The number of fused-ring (bicyclic) bond motifs is 1. The number of hydrogen-bond acceptors (Lipinski definition) is 13. The van der Waals surface area contributed by atoms with Crippen LogP contribution in [0.4, 0.5) is 5.82 Å². The van der Waals surface area contributed by atoms with Crippen molar-refractivity contribution in [3.63, 3.8) is 0 Å². The summed E-state index contributed by atoms with van der Waals surface area (Å²) in [5, 5.41) is 2.86. The average molecular weight is 493 g/mol. The van der Waals surface area contributed by atoms with Crippen LogP contribution < -0.4 is 29.9 Å². The van der Waals surface area contributed by atoms with Gasteiger partial charge >= 0.3 is 15.6 Å². The molecule has 1 aliphatic rings. The lowest BCUT2D eigenvalue weighted by Gasteiger charge is -2.19. The van der Waals surface area contributed by atoms with Gasteiger partial charge in [0, 0.05) is 13.5 Å². The molecule has 1 aliphatic heterocycles. The van der Waals surface area contributed by atoms with E-state index in [1.54, 1.807) is 7.05 Å². The van der Waals surface area contributed by atoms with Gasteiger partial charge in [0.25, 0.3) is 0 Å². The first-order valence-electron chi connectivity index (χ1n) is 7.52. The molecule has 3 rings (SSSR count). The second-order valence-corrected chi connectivity index (χ2v) is 8.01. The van der Waals surface area contributed by atoms with Crippen molar-refractivity contribution in [3.05, 3.63) is 12.7 Å². The monoisotopic (exact) mass is 493 g/mol. The molecule has 0 aliphatic carbocycles. The van der Waals surface area contributed by atoms with Gasteiger partial charge in [-0.15, -0.1) is 0 Å². The zero-order chi connectivity index (χ0) is 19.8. The predicted octanol–water partition coefficient (Wildman–Crippen LogP) is 0.391. The second kappa shape index (κ2) is 11.8. The van der Waals surface area contributed by atoms with Gasteiger partial charge in [-0.25, -0.2) is 24.1 Å². The van der Waals surface area contributed by atoms with Crippen molar-refractivity contribution < 1.29 is 42.5 Å². The molecular weight excluding hydrogens is 464 g/mol. The summed E-state index contributed by atoms with van der Waals surface area (Å²) in [5.74, 6) is 0.473. The van der Waals surface area contributed by atoms with E-state index in [1.807, 2.05) is 0 Å². The molecular formula is C11H29N9O9P2. The molecule has 17 N–H and O–H groups in total. The minimum absolute atomic E-state index is 0. The zero-order valence-electron chi connectivity index (χ0n) is 16.6. The molecule has 0 bridgehead atoms. The summed E-state index contributed by atoms with van der Waals surface area (Å²) < 4.78 is 38.4. The van der Waals surface area contributed by atoms with Crippen LogP contribution in [0, 0.1) is 0 Å². The van der Waals surface area contributed by atoms with Crippen LogP contribution in [0.3, 0.4) is 0 Å². The summed E-state index contributed by atoms with van der Waals surface area (Å²) in [6.45, 7) is -0.630. The largest absolute Gasteiger partial charge is 0.469 e. The predicted molar refractivity (Wildman–Crippen MR) is 108 cm³/mol. The SMILES string of the molecule is CNc1ncnc2c1ncn2[C@H]1C[C@H](OP(=O)(O)O)[C@H](COP(=O)(O)O)O1.N.N.N.N. The smallest absolute Gasteiger partial charge is 0.371 e. The highest BCUT2D eigenvalue weighted by Crippen LogP contribution is 2.45. The minimum Gasteiger partial charge on any atom is -0.371 e. The molecule has 31 heavy (non-hydrogen) atoms. The van der Waals surface area contributed by atoms with E-state index in [2.05, 4.69) is 24.8 Å². The molecule has 182 valence electrons. The molecule has 2 aromatic rings. The molecule has 0 unspecified atom stereocenters. The number of ether oxygens (including phenoxy) is 1. The first-order valence-corrected chi connectivity index (χ1v) is 10.6. The maximum atomic E-state index is 11.2. The summed E-state index contributed by atoms with van der Waals surface area (Å²) in [5.41, 5.74) is 0.844. The molecule has 0 aromatic carbocycles. The van der Waals surface area contributed by atoms with Gasteiger partial charge in [-0.2, -0.15) is 0 Å². The zero-order valence-corrected chi connectivity index (χ0v) is 18.4. The Hall–Kier alpha value is -1.63. The third-order valence-electron chi connectivity index (χ3n) is 3.77. The summed E-state index contributed by atoms with van der Waals surface area (Å²) in [7, 11) is -8.02. The molecule has 0 saturated carbocycles. The fourth-order valence-electron chi connectivity index (χ4n) is 2.72. The number of phosphoric acid groups is 2. The average Bonchev–Trinajstić information content (AvgIpc) is 3.14. The number of phosphoric ester groups is 2. The van der Waals surface area contributed by atoms with E-state index in [0.717, 1.165) is 0 Å². The topological polar surface area (TPSA) is 338 Å². The second-order valence-electron chi connectivity index (χ2n) is 5.58. The highest BCUT2D eigenvalue weighted by Gasteiger charge is 2.42. The Kier molecular flexibility index (Phi) is 12.1. The number of hydrogen-bond donors (Lipinski definition) is 9. The van der Waals surface area contributed by atoms with Crippen molar-refractivity contribution >= 4 is 32.6 Å². The van der Waals surface area contributed by atoms with Gasteiger partial charge in [0.1, 0.15) is 30.3 Å². The van der Waals surface area contributed by atoms with E-state index in [1.165, 1.54) is 17.2 Å². The molecule has 2 aromatic heterocycles. The molecule has 0 spiro atoms. The van der Waals surface area contributed by atoms with Crippen LogP contribution in [-0.2, 0) is 22.9 Å². The standard InChI is InChI=1S/C11H17N5O9P2.4H3N/c1-12-10-9-11(14-4-13-10)16(5-15-9)8-2-6(25-27(20,21)22)7(24-8)3-23-26(17,18)19;;;;/h4-8H,2-3H2,1H3,(H,12,13,14)(H2,17,18,19)(H2,20,21,22);4*1H3/t6-,7-,8+;;;;/m0..../s1. The number of aromatic nitrogens is 4. The van der Waals surface area contributed by atoms with Crippen molar-refractivity contribution in [1.29, 1.82) is 0 Å². The molecule has 1 saturated heterocycles. The van der Waals surface area contributed by atoms with Crippen LogP contribution in [0.2, 0.25) is 0 Å². The van der Waals surface area contributed by atoms with E-state index in [4.69, 9.17) is 28.8 Å². The van der Waals surface area contributed by atoms with Gasteiger partial charge in [-0.1, -0.05) is 0 Å². The lowest BCUT2D eigenvalue weighted by Crippen LogP contribution is -2.28. The summed E-state index contributed by atoms with van der Waals surface area (Å²) in [6, 6.07) is 0. The first-order chi connectivity index (χ1) is 12.6. The van der Waals surface area contributed by atoms with Gasteiger partial charge in [0.2, 0.25) is 0 Å². The van der Waals surface area contributed by atoms with Gasteiger partial charge in [0.15, 0.2) is 11.5 Å². The maximum absolute atomic E-state index is 11.2. The fourth-order valence-corrected chi connectivity index (χ4v) is 3.64. The van der Waals surface area contributed by atoms with Crippen LogP contribution in [-0.4, -0.2) is 65.0 Å². The van der Waals surface area contributed by atoms with Crippen molar-refractivity contribution in [2.75, 3.05) is 19.0 Å². The summed E-state index contributed by atoms with van der Waals surface area (Å²) in [6.07, 6.45) is -0.449. The molecule has 3 heterocycles. The van der Waals surface area contributed by atoms with Crippen LogP contribution >= 0.6 is 15.6 Å². The van der Waals surface area contributed by atoms with Crippen LogP contribution in [0.25, 0.3) is 11.2 Å². The number of rotatable bonds is 7. The highest BCUT2D eigenvalue weighted by atomic mass is 31.2. The molecule has 0 amide bonds. The number of nitrogens with zero attached hydrogens (tertiary/aromatic N) is 4. The van der Waals surface area contributed by atoms with E-state index in [-0.39, 0.29) is 31.0 Å². The quantitative estimate of drug-likeness (QED) is 0.235. The van der Waals surface area contributed by atoms with Gasteiger partial charge in [0.05, 0.1) is 12.9 Å². The van der Waals surface area contributed by atoms with E-state index in [9.17, 15) is 9.13 Å². The fraction of sp³-hybridized carbons (Fsp3) is 0.545. The first kappa shape index (κ1) is 31.6. The van der Waals surface area contributed by atoms with Gasteiger partial charge < -0.3 is 54.2 Å². The molecule has 18 nitrogen and oxygen atoms in total. The summed E-state index contributed by atoms with van der Waals surface area (Å²) >= 11 is 0. The van der Waals surface area contributed by atoms with Crippen LogP contribution in [0.1, 0.15) is 12.6 Å². The minimum atomic E-state index is -4.87. The van der Waals surface area contributed by atoms with Crippen molar-refractivity contribution in [2.45, 2.75) is 24.9 Å². The Bertz CT molecular complexity index is 919. The maximum Gasteiger partial charge on any atom is 0.469 e. The van der Waals surface area contributed by atoms with Crippen molar-refractivity contribution in [2.24, 2.45) is 0 Å². The van der Waals surface area contributed by atoms with Crippen molar-refractivity contribution in [3.8, 4) is 0 Å². The number of anilines is 1. The van der Waals surface area contributed by atoms with Gasteiger partial charge in [-0.05, 0) is 0 Å². The van der Waals surface area contributed by atoms with Crippen molar-refractivity contribution in [1.82, 2.24) is 44.1 Å². The highest BCUT2D eigenvalue weighted by molar-refractivity contribution is 7.46. The Morgan fingerprint density at radius 3 is 2.32 bits per heavy atom. The van der Waals surface area contributed by atoms with E-state index in [0.29, 0.717) is 17.0 Å². The lowest BCUT2D eigenvalue weighted by atomic mass is 10.2. The Balaban J connectivity index is 0. The Morgan fingerprint density at radius 1 is 1.13 bits per heavy atom. The molecule has 1 fully saturated rings. The molecule has 3 atom stereocenters.